The largest absolute Gasteiger partial charge is 0.470 e. The lowest BCUT2D eigenvalue weighted by molar-refractivity contribution is -0.116. The number of aliphatic hydroxyl groups excluding tert-OH is 2. The van der Waals surface area contributed by atoms with Crippen LogP contribution in [0.1, 0.15) is 109 Å². The number of hydrogen-bond donors (Lipinski definition) is 5. The third-order valence-corrected chi connectivity index (χ3v) is 7.91. The zero-order valence-electron chi connectivity index (χ0n) is 23.9. The maximum Gasteiger partial charge on any atom is 0.470 e. The summed E-state index contributed by atoms with van der Waals surface area (Å²) in [5, 5.41) is 23.0. The van der Waals surface area contributed by atoms with Crippen molar-refractivity contribution in [1.29, 1.82) is 0 Å². The van der Waals surface area contributed by atoms with Gasteiger partial charge in [0.2, 0.25) is 5.91 Å². The Balaban J connectivity index is 1.39. The predicted octanol–water partition coefficient (Wildman–Crippen LogP) is 4.36. The van der Waals surface area contributed by atoms with Crippen molar-refractivity contribution >= 4 is 30.7 Å². The number of ether oxygens (including phenoxy) is 1. The fourth-order valence-electron chi connectivity index (χ4n) is 5.19. The number of phosphoric acid groups is 1. The summed E-state index contributed by atoms with van der Waals surface area (Å²) in [6.45, 7) is 1.61. The maximum atomic E-state index is 12.6. The number of anilines is 1. The van der Waals surface area contributed by atoms with Crippen LogP contribution in [0.2, 0.25) is 0 Å². The van der Waals surface area contributed by atoms with Gasteiger partial charge >= 0.3 is 7.82 Å². The zero-order chi connectivity index (χ0) is 29.7. The molecule has 41 heavy (non-hydrogen) atoms. The summed E-state index contributed by atoms with van der Waals surface area (Å²) >= 11 is 0. The topological polar surface area (TPSA) is 189 Å². The van der Waals surface area contributed by atoms with Gasteiger partial charge in [0, 0.05) is 6.42 Å². The summed E-state index contributed by atoms with van der Waals surface area (Å²) < 4.78 is 22.9. The van der Waals surface area contributed by atoms with E-state index in [0.717, 1.165) is 19.3 Å². The van der Waals surface area contributed by atoms with Crippen molar-refractivity contribution in [2.45, 2.75) is 128 Å². The van der Waals surface area contributed by atoms with Gasteiger partial charge in [0.1, 0.15) is 24.6 Å². The van der Waals surface area contributed by atoms with Crippen LogP contribution in [0.5, 0.6) is 0 Å². The first kappa shape index (κ1) is 33.5. The molecule has 0 unspecified atom stereocenters. The maximum absolute atomic E-state index is 12.6. The molecule has 2 aromatic rings. The summed E-state index contributed by atoms with van der Waals surface area (Å²) in [6, 6.07) is 0. The van der Waals surface area contributed by atoms with E-state index in [2.05, 4.69) is 31.7 Å². The van der Waals surface area contributed by atoms with Crippen LogP contribution in [-0.2, 0) is 18.6 Å². The van der Waals surface area contributed by atoms with E-state index in [0.29, 0.717) is 6.42 Å². The smallest absolute Gasteiger partial charge is 0.394 e. The molecule has 1 aliphatic heterocycles. The first-order valence-corrected chi connectivity index (χ1v) is 16.4. The van der Waals surface area contributed by atoms with Gasteiger partial charge in [-0.15, -0.1) is 0 Å². The minimum absolute atomic E-state index is 0.189. The number of unbranched alkanes of at least 4 members (excludes halogenated alkanes) is 13. The van der Waals surface area contributed by atoms with E-state index in [1.54, 1.807) is 0 Å². The van der Waals surface area contributed by atoms with E-state index < -0.39 is 39.0 Å². The number of rotatable bonds is 20. The molecule has 0 saturated carbocycles. The average molecular weight is 600 g/mol. The first-order valence-electron chi connectivity index (χ1n) is 14.9. The van der Waals surface area contributed by atoms with Crippen LogP contribution in [0.4, 0.5) is 5.82 Å². The van der Waals surface area contributed by atoms with Gasteiger partial charge in [0.25, 0.3) is 0 Å². The van der Waals surface area contributed by atoms with Gasteiger partial charge in [-0.3, -0.25) is 13.9 Å². The summed E-state index contributed by atoms with van der Waals surface area (Å²) in [5.41, 5.74) is 0.488. The fourth-order valence-corrected chi connectivity index (χ4v) is 5.77. The number of hydrogen-bond acceptors (Lipinski definition) is 9. The minimum Gasteiger partial charge on any atom is -0.394 e. The van der Waals surface area contributed by atoms with Crippen molar-refractivity contribution in [3.63, 3.8) is 0 Å². The quantitative estimate of drug-likeness (QED) is 0.107. The van der Waals surface area contributed by atoms with Crippen LogP contribution in [0.15, 0.2) is 12.7 Å². The second-order valence-corrected chi connectivity index (χ2v) is 11.9. The van der Waals surface area contributed by atoms with Crippen LogP contribution in [0, 0.1) is 0 Å². The molecule has 3 rings (SSSR count). The molecule has 0 aromatic carbocycles. The number of aromatic nitrogens is 4. The standard InChI is InChI=1S/C27H46N5O8P/c1-2-3-4-5-6-7-8-9-10-11-12-13-14-15-16-21(34)31-25-22-26(29-18-28-25)32(19-30-22)27-23(35)24(20(17-33)39-27)40-41(36,37)38/h18-20,23-24,27,33,35H,2-17H2,1H3,(H2,36,37,38)(H,28,29,31,34)/t20-,23-,24-,27-/m1/s1. The van der Waals surface area contributed by atoms with Crippen molar-refractivity contribution in [2.24, 2.45) is 0 Å². The number of aliphatic hydroxyl groups is 2. The lowest BCUT2D eigenvalue weighted by atomic mass is 10.0. The lowest BCUT2D eigenvalue weighted by Gasteiger charge is -2.20. The number of imidazole rings is 1. The highest BCUT2D eigenvalue weighted by Gasteiger charge is 2.48. The van der Waals surface area contributed by atoms with E-state index in [9.17, 15) is 19.6 Å². The number of carbonyl (C=O) groups is 1. The van der Waals surface area contributed by atoms with Crippen LogP contribution in [0.25, 0.3) is 11.2 Å². The molecule has 13 nitrogen and oxygen atoms in total. The molecule has 2 aromatic heterocycles. The molecule has 1 amide bonds. The number of nitrogens with zero attached hydrogens (tertiary/aromatic N) is 4. The van der Waals surface area contributed by atoms with Gasteiger partial charge in [-0.2, -0.15) is 0 Å². The van der Waals surface area contributed by atoms with Gasteiger partial charge in [0.15, 0.2) is 23.2 Å². The van der Waals surface area contributed by atoms with E-state index in [4.69, 9.17) is 14.5 Å². The molecule has 1 aliphatic rings. The molecule has 1 fully saturated rings. The summed E-state index contributed by atoms with van der Waals surface area (Å²) in [6.07, 6.45) is 14.9. The SMILES string of the molecule is CCCCCCCCCCCCCCCCC(=O)Nc1ncnc2c1ncn2[C@@H]1O[C@H](CO)[C@@H](OP(=O)(O)O)[C@H]1O. The third-order valence-electron chi connectivity index (χ3n) is 7.40. The van der Waals surface area contributed by atoms with Crippen LogP contribution in [-0.4, -0.2) is 70.3 Å². The summed E-state index contributed by atoms with van der Waals surface area (Å²) in [7, 11) is -4.95. The van der Waals surface area contributed by atoms with Crippen LogP contribution >= 0.6 is 7.82 Å². The van der Waals surface area contributed by atoms with Gasteiger partial charge in [0.05, 0.1) is 12.9 Å². The molecule has 232 valence electrons. The molecule has 0 radical (unpaired) electrons. The Morgan fingerprint density at radius 1 is 0.976 bits per heavy atom. The average Bonchev–Trinajstić information content (AvgIpc) is 3.49. The lowest BCUT2D eigenvalue weighted by Crippen LogP contribution is -2.35. The molecule has 0 bridgehead atoms. The second-order valence-electron chi connectivity index (χ2n) is 10.7. The summed E-state index contributed by atoms with van der Waals surface area (Å²) in [5.74, 6) is 0.0180. The highest BCUT2D eigenvalue weighted by molar-refractivity contribution is 7.46. The molecule has 4 atom stereocenters. The number of nitrogens with one attached hydrogen (secondary N) is 1. The van der Waals surface area contributed by atoms with Crippen LogP contribution in [0.3, 0.4) is 0 Å². The molecule has 0 spiro atoms. The highest BCUT2D eigenvalue weighted by Crippen LogP contribution is 2.44. The highest BCUT2D eigenvalue weighted by atomic mass is 31.2. The van der Waals surface area contributed by atoms with E-state index >= 15 is 0 Å². The monoisotopic (exact) mass is 599 g/mol. The van der Waals surface area contributed by atoms with Crippen LogP contribution < -0.4 is 5.32 Å². The predicted molar refractivity (Wildman–Crippen MR) is 153 cm³/mol. The molecule has 0 aliphatic carbocycles. The van der Waals surface area contributed by atoms with Crippen molar-refractivity contribution in [3.8, 4) is 0 Å². The Kier molecular flexibility index (Phi) is 14.1. The molecular formula is C27H46N5O8P. The molecule has 3 heterocycles. The van der Waals surface area contributed by atoms with Gasteiger partial charge in [-0.25, -0.2) is 19.5 Å². The van der Waals surface area contributed by atoms with E-state index in [-0.39, 0.29) is 22.9 Å². The number of amides is 1. The van der Waals surface area contributed by atoms with E-state index in [1.807, 2.05) is 0 Å². The fraction of sp³-hybridized carbons (Fsp3) is 0.778. The number of fused-ring (bicyclic) bond motifs is 1. The Hall–Kier alpha value is -1.99. The summed E-state index contributed by atoms with van der Waals surface area (Å²) in [4.78, 5) is 43.4. The Bertz CT molecular complexity index is 1110. The third kappa shape index (κ3) is 10.7. The van der Waals surface area contributed by atoms with Gasteiger partial charge in [-0.1, -0.05) is 90.4 Å². The molecule has 1 saturated heterocycles. The Labute approximate surface area is 241 Å². The zero-order valence-corrected chi connectivity index (χ0v) is 24.8. The van der Waals surface area contributed by atoms with Crippen molar-refractivity contribution in [2.75, 3.05) is 11.9 Å². The van der Waals surface area contributed by atoms with Gasteiger partial charge in [-0.05, 0) is 6.42 Å². The second kappa shape index (κ2) is 17.2. The van der Waals surface area contributed by atoms with Gasteiger partial charge < -0.3 is 30.1 Å². The number of phosphoric ester groups is 1. The minimum atomic E-state index is -4.95. The van der Waals surface area contributed by atoms with Crippen molar-refractivity contribution in [1.82, 2.24) is 19.5 Å². The number of carbonyl (C=O) groups excluding carboxylic acids is 1. The molecule has 14 heteroatoms. The molecule has 5 N–H and O–H groups in total. The Morgan fingerprint density at radius 2 is 1.56 bits per heavy atom. The first-order chi connectivity index (χ1) is 19.7. The normalized spacial score (nSPS) is 21.1. The van der Waals surface area contributed by atoms with E-state index in [1.165, 1.54) is 87.9 Å². The Morgan fingerprint density at radius 3 is 2.12 bits per heavy atom. The van der Waals surface area contributed by atoms with Crippen molar-refractivity contribution in [3.05, 3.63) is 12.7 Å². The van der Waals surface area contributed by atoms with Crippen molar-refractivity contribution < 1.29 is 38.6 Å². The molecular weight excluding hydrogens is 553 g/mol.